The molecule has 3 heteroatoms. The molecule has 1 N–H and O–H groups in total. The summed E-state index contributed by atoms with van der Waals surface area (Å²) >= 11 is 0. The summed E-state index contributed by atoms with van der Waals surface area (Å²) in [6.45, 7) is 12.1. The van der Waals surface area contributed by atoms with Crippen molar-refractivity contribution in [1.82, 2.24) is 10.2 Å². The lowest BCUT2D eigenvalue weighted by molar-refractivity contribution is -0.00762. The molecule has 1 fully saturated rings. The van der Waals surface area contributed by atoms with Gasteiger partial charge in [-0.3, -0.25) is 0 Å². The maximum absolute atomic E-state index is 5.50. The first kappa shape index (κ1) is 13.9. The molecule has 0 bridgehead atoms. The highest BCUT2D eigenvalue weighted by molar-refractivity contribution is 4.87. The topological polar surface area (TPSA) is 24.5 Å². The minimum absolute atomic E-state index is 0.424. The van der Waals surface area contributed by atoms with Gasteiger partial charge < -0.3 is 15.0 Å². The predicted octanol–water partition coefficient (Wildman–Crippen LogP) is 1.73. The van der Waals surface area contributed by atoms with Crippen molar-refractivity contribution in [2.24, 2.45) is 5.41 Å². The molecule has 0 radical (unpaired) electrons. The highest BCUT2D eigenvalue weighted by atomic mass is 16.5. The third-order valence-electron chi connectivity index (χ3n) is 3.78. The molecular formula is C13H28N2O. The van der Waals surface area contributed by atoms with Crippen LogP contribution in [0.5, 0.6) is 0 Å². The Labute approximate surface area is 101 Å². The minimum Gasteiger partial charge on any atom is -0.381 e. The number of nitrogens with one attached hydrogen (secondary N) is 1. The quantitative estimate of drug-likeness (QED) is 0.749. The first-order valence-electron chi connectivity index (χ1n) is 6.60. The van der Waals surface area contributed by atoms with Crippen molar-refractivity contribution < 1.29 is 4.74 Å². The number of nitrogens with zero attached hydrogens (tertiary/aromatic N) is 1. The van der Waals surface area contributed by atoms with E-state index in [1.165, 1.54) is 19.4 Å². The SMILES string of the molecule is CCN(CC1(CNC)CCOCC1)C(C)C. The average molecular weight is 228 g/mol. The number of hydrogen-bond acceptors (Lipinski definition) is 3. The van der Waals surface area contributed by atoms with E-state index in [1.807, 2.05) is 0 Å². The molecule has 1 aliphatic heterocycles. The van der Waals surface area contributed by atoms with Crippen LogP contribution in [0.3, 0.4) is 0 Å². The molecule has 0 aromatic heterocycles. The second-order valence-corrected chi connectivity index (χ2v) is 5.30. The van der Waals surface area contributed by atoms with E-state index in [-0.39, 0.29) is 0 Å². The van der Waals surface area contributed by atoms with Crippen molar-refractivity contribution in [2.75, 3.05) is 39.9 Å². The zero-order chi connectivity index (χ0) is 12.0. The van der Waals surface area contributed by atoms with Crippen LogP contribution in [0.25, 0.3) is 0 Å². The highest BCUT2D eigenvalue weighted by Gasteiger charge is 2.33. The van der Waals surface area contributed by atoms with Gasteiger partial charge in [-0.15, -0.1) is 0 Å². The van der Waals surface area contributed by atoms with Gasteiger partial charge in [0.2, 0.25) is 0 Å². The van der Waals surface area contributed by atoms with E-state index in [1.54, 1.807) is 0 Å². The molecule has 0 atom stereocenters. The fraction of sp³-hybridized carbons (Fsp3) is 1.00. The summed E-state index contributed by atoms with van der Waals surface area (Å²) in [7, 11) is 2.06. The van der Waals surface area contributed by atoms with Crippen molar-refractivity contribution in [2.45, 2.75) is 39.7 Å². The Morgan fingerprint density at radius 1 is 1.31 bits per heavy atom. The van der Waals surface area contributed by atoms with E-state index in [2.05, 4.69) is 38.0 Å². The van der Waals surface area contributed by atoms with Gasteiger partial charge >= 0.3 is 0 Å². The van der Waals surface area contributed by atoms with E-state index < -0.39 is 0 Å². The second-order valence-electron chi connectivity index (χ2n) is 5.30. The Kier molecular flexibility index (Phi) is 5.73. The summed E-state index contributed by atoms with van der Waals surface area (Å²) in [4.78, 5) is 2.57. The van der Waals surface area contributed by atoms with E-state index in [4.69, 9.17) is 4.74 Å². The summed E-state index contributed by atoms with van der Waals surface area (Å²) < 4.78 is 5.50. The van der Waals surface area contributed by atoms with E-state index in [0.717, 1.165) is 26.3 Å². The van der Waals surface area contributed by atoms with Crippen LogP contribution in [-0.4, -0.2) is 50.8 Å². The van der Waals surface area contributed by atoms with Gasteiger partial charge in [0.25, 0.3) is 0 Å². The molecule has 0 amide bonds. The zero-order valence-corrected chi connectivity index (χ0v) is 11.4. The molecular weight excluding hydrogens is 200 g/mol. The van der Waals surface area contributed by atoms with Gasteiger partial charge in [-0.1, -0.05) is 6.92 Å². The maximum atomic E-state index is 5.50. The van der Waals surface area contributed by atoms with Crippen LogP contribution >= 0.6 is 0 Å². The molecule has 3 nitrogen and oxygen atoms in total. The highest BCUT2D eigenvalue weighted by Crippen LogP contribution is 2.31. The van der Waals surface area contributed by atoms with Crippen molar-refractivity contribution >= 4 is 0 Å². The predicted molar refractivity (Wildman–Crippen MR) is 68.8 cm³/mol. The summed E-state index contributed by atoms with van der Waals surface area (Å²) in [5.41, 5.74) is 0.424. The Morgan fingerprint density at radius 2 is 1.94 bits per heavy atom. The normalized spacial score (nSPS) is 20.6. The largest absolute Gasteiger partial charge is 0.381 e. The van der Waals surface area contributed by atoms with E-state index >= 15 is 0 Å². The molecule has 0 spiro atoms. The van der Waals surface area contributed by atoms with Crippen molar-refractivity contribution in [3.8, 4) is 0 Å². The lowest BCUT2D eigenvalue weighted by Crippen LogP contribution is -2.48. The van der Waals surface area contributed by atoms with Gasteiger partial charge in [0.05, 0.1) is 0 Å². The first-order valence-corrected chi connectivity index (χ1v) is 6.60. The van der Waals surface area contributed by atoms with Gasteiger partial charge in [0.15, 0.2) is 0 Å². The second kappa shape index (κ2) is 6.58. The van der Waals surface area contributed by atoms with Gasteiger partial charge in [-0.05, 0) is 45.7 Å². The molecule has 1 rings (SSSR count). The van der Waals surface area contributed by atoms with Crippen molar-refractivity contribution in [3.05, 3.63) is 0 Å². The molecule has 1 aliphatic rings. The molecule has 1 saturated heterocycles. The molecule has 1 heterocycles. The third-order valence-corrected chi connectivity index (χ3v) is 3.78. The minimum atomic E-state index is 0.424. The Balaban J connectivity index is 2.61. The van der Waals surface area contributed by atoms with E-state index in [9.17, 15) is 0 Å². The molecule has 16 heavy (non-hydrogen) atoms. The van der Waals surface area contributed by atoms with Crippen molar-refractivity contribution in [3.63, 3.8) is 0 Å². The van der Waals surface area contributed by atoms with Crippen LogP contribution in [0.1, 0.15) is 33.6 Å². The van der Waals surface area contributed by atoms with Crippen LogP contribution < -0.4 is 5.32 Å². The molecule has 0 saturated carbocycles. The summed E-state index contributed by atoms with van der Waals surface area (Å²) in [5, 5.41) is 3.36. The number of ether oxygens (including phenoxy) is 1. The smallest absolute Gasteiger partial charge is 0.0472 e. The molecule has 0 aliphatic carbocycles. The van der Waals surface area contributed by atoms with Crippen molar-refractivity contribution in [1.29, 1.82) is 0 Å². The lowest BCUT2D eigenvalue weighted by atomic mass is 9.79. The Bertz CT molecular complexity index is 183. The first-order chi connectivity index (χ1) is 7.63. The lowest BCUT2D eigenvalue weighted by Gasteiger charge is -2.42. The van der Waals surface area contributed by atoms with Gasteiger partial charge in [-0.2, -0.15) is 0 Å². The fourth-order valence-corrected chi connectivity index (χ4v) is 2.66. The number of hydrogen-bond donors (Lipinski definition) is 1. The fourth-order valence-electron chi connectivity index (χ4n) is 2.66. The van der Waals surface area contributed by atoms with Gasteiger partial charge in [-0.25, -0.2) is 0 Å². The summed E-state index contributed by atoms with van der Waals surface area (Å²) in [5.74, 6) is 0. The molecule has 0 unspecified atom stereocenters. The monoisotopic (exact) mass is 228 g/mol. The van der Waals surface area contributed by atoms with E-state index in [0.29, 0.717) is 11.5 Å². The molecule has 0 aromatic rings. The average Bonchev–Trinajstić information content (AvgIpc) is 2.27. The standard InChI is InChI=1S/C13H28N2O/c1-5-15(12(2)3)11-13(10-14-4)6-8-16-9-7-13/h12,14H,5-11H2,1-4H3. The Morgan fingerprint density at radius 3 is 2.38 bits per heavy atom. The molecule has 96 valence electrons. The van der Waals surface area contributed by atoms with Crippen LogP contribution in [0.2, 0.25) is 0 Å². The summed E-state index contributed by atoms with van der Waals surface area (Å²) in [6.07, 6.45) is 2.38. The maximum Gasteiger partial charge on any atom is 0.0472 e. The summed E-state index contributed by atoms with van der Waals surface area (Å²) in [6, 6.07) is 0.640. The van der Waals surface area contributed by atoms with Gasteiger partial charge in [0, 0.05) is 32.3 Å². The van der Waals surface area contributed by atoms with Crippen LogP contribution in [0.15, 0.2) is 0 Å². The Hall–Kier alpha value is -0.120. The zero-order valence-electron chi connectivity index (χ0n) is 11.4. The van der Waals surface area contributed by atoms with Crippen LogP contribution in [0.4, 0.5) is 0 Å². The van der Waals surface area contributed by atoms with Gasteiger partial charge in [0.1, 0.15) is 0 Å². The van der Waals surface area contributed by atoms with Crippen LogP contribution in [0, 0.1) is 5.41 Å². The number of rotatable bonds is 6. The van der Waals surface area contributed by atoms with Crippen LogP contribution in [-0.2, 0) is 4.74 Å². The third kappa shape index (κ3) is 3.72. The molecule has 0 aromatic carbocycles.